The Labute approximate surface area is 110 Å². The van der Waals surface area contributed by atoms with Gasteiger partial charge in [-0.15, -0.1) is 0 Å². The lowest BCUT2D eigenvalue weighted by Crippen LogP contribution is -2.58. The third-order valence-corrected chi connectivity index (χ3v) is 2.71. The number of nitrogens with zero attached hydrogens (tertiary/aromatic N) is 3. The maximum atomic E-state index is 12.1. The molecule has 0 spiro atoms. The van der Waals surface area contributed by atoms with Crippen molar-refractivity contribution >= 4 is 23.5 Å². The van der Waals surface area contributed by atoms with Crippen LogP contribution in [0.15, 0.2) is 24.9 Å². The number of hydrogen-bond donors (Lipinski definition) is 1. The number of anilines is 2. The minimum Gasteiger partial charge on any atom is -0.415 e. The van der Waals surface area contributed by atoms with Crippen LogP contribution < -0.4 is 10.2 Å². The van der Waals surface area contributed by atoms with Crippen LogP contribution >= 0.6 is 0 Å². The average molecular weight is 262 g/mol. The molecule has 0 unspecified atom stereocenters. The lowest BCUT2D eigenvalue weighted by Gasteiger charge is -2.39. The predicted octanol–water partition coefficient (Wildman–Crippen LogP) is 1.68. The van der Waals surface area contributed by atoms with Crippen LogP contribution in [0.1, 0.15) is 20.8 Å². The molecule has 1 aromatic heterocycles. The number of allylic oxidation sites excluding steroid dienone is 1. The van der Waals surface area contributed by atoms with Crippen LogP contribution in [0, 0.1) is 0 Å². The first-order valence-electron chi connectivity index (χ1n) is 5.63. The van der Waals surface area contributed by atoms with Crippen LogP contribution in [0.3, 0.4) is 0 Å². The monoisotopic (exact) mass is 262 g/mol. The molecule has 0 radical (unpaired) electrons. The fraction of sp³-hybridized carbons (Fsp3) is 0.333. The Kier molecular flexibility index (Phi) is 2.97. The largest absolute Gasteiger partial charge is 0.421 e. The van der Waals surface area contributed by atoms with E-state index in [-0.39, 0.29) is 11.7 Å². The molecule has 0 aliphatic carbocycles. The normalized spacial score (nSPS) is 16.4. The summed E-state index contributed by atoms with van der Waals surface area (Å²) < 4.78 is 4.98. The smallest absolute Gasteiger partial charge is 0.415 e. The molecule has 2 rings (SSSR count). The van der Waals surface area contributed by atoms with Gasteiger partial charge in [-0.05, 0) is 20.8 Å². The van der Waals surface area contributed by atoms with E-state index in [0.717, 1.165) is 0 Å². The van der Waals surface area contributed by atoms with E-state index in [4.69, 9.17) is 4.74 Å². The summed E-state index contributed by atoms with van der Waals surface area (Å²) in [6.45, 7) is 8.27. The topological polar surface area (TPSA) is 84.4 Å². The Bertz CT molecular complexity index is 568. The third kappa shape index (κ3) is 2.14. The standard InChI is InChI=1S/C12H14N4O3/c1-7(2)19-11(18)16-9-8(5-13-6-14-9)15-10(17)12(16,3)4/h5-6H,1H2,2-4H3,(H,15,17). The molecule has 0 bridgehead atoms. The van der Waals surface area contributed by atoms with Gasteiger partial charge in [0.05, 0.1) is 12.0 Å². The second-order valence-corrected chi connectivity index (χ2v) is 4.68. The van der Waals surface area contributed by atoms with Gasteiger partial charge in [-0.3, -0.25) is 4.79 Å². The van der Waals surface area contributed by atoms with Crippen LogP contribution in [-0.2, 0) is 9.53 Å². The lowest BCUT2D eigenvalue weighted by molar-refractivity contribution is -0.120. The van der Waals surface area contributed by atoms with Gasteiger partial charge in [0, 0.05) is 0 Å². The molecule has 2 amide bonds. The third-order valence-electron chi connectivity index (χ3n) is 2.71. The number of nitrogens with one attached hydrogen (secondary N) is 1. The first-order chi connectivity index (χ1) is 8.84. The van der Waals surface area contributed by atoms with E-state index in [0.29, 0.717) is 11.5 Å². The van der Waals surface area contributed by atoms with Crippen molar-refractivity contribution < 1.29 is 14.3 Å². The van der Waals surface area contributed by atoms with Gasteiger partial charge in [0.15, 0.2) is 5.82 Å². The maximum Gasteiger partial charge on any atom is 0.421 e. The summed E-state index contributed by atoms with van der Waals surface area (Å²) in [6.07, 6.45) is 2.02. The van der Waals surface area contributed by atoms with Crippen molar-refractivity contribution in [2.45, 2.75) is 26.3 Å². The maximum absolute atomic E-state index is 12.1. The SMILES string of the molecule is C=C(C)OC(=O)N1c2ncncc2NC(=O)C1(C)C. The molecule has 0 atom stereocenters. The summed E-state index contributed by atoms with van der Waals surface area (Å²) in [5.41, 5.74) is -0.751. The Balaban J connectivity index is 2.51. The van der Waals surface area contributed by atoms with Crippen molar-refractivity contribution in [1.29, 1.82) is 0 Å². The van der Waals surface area contributed by atoms with Crippen molar-refractivity contribution in [2.75, 3.05) is 10.2 Å². The van der Waals surface area contributed by atoms with Crippen LogP contribution in [-0.4, -0.2) is 27.5 Å². The predicted molar refractivity (Wildman–Crippen MR) is 68.5 cm³/mol. The lowest BCUT2D eigenvalue weighted by atomic mass is 9.99. The van der Waals surface area contributed by atoms with Crippen molar-refractivity contribution in [1.82, 2.24) is 9.97 Å². The van der Waals surface area contributed by atoms with Gasteiger partial charge in [-0.25, -0.2) is 19.7 Å². The first kappa shape index (κ1) is 13.0. The molecule has 100 valence electrons. The molecule has 0 aromatic carbocycles. The summed E-state index contributed by atoms with van der Waals surface area (Å²) in [5.74, 6) is 0.196. The van der Waals surface area contributed by atoms with Crippen molar-refractivity contribution in [2.24, 2.45) is 0 Å². The molecule has 1 aliphatic heterocycles. The highest BCUT2D eigenvalue weighted by Crippen LogP contribution is 2.34. The average Bonchev–Trinajstić information content (AvgIpc) is 2.29. The van der Waals surface area contributed by atoms with Gasteiger partial charge in [0.25, 0.3) is 0 Å². The van der Waals surface area contributed by atoms with Gasteiger partial charge in [0.2, 0.25) is 5.91 Å². The fourth-order valence-corrected chi connectivity index (χ4v) is 1.74. The zero-order valence-corrected chi connectivity index (χ0v) is 10.9. The minimum absolute atomic E-state index is 0.238. The molecule has 7 heteroatoms. The summed E-state index contributed by atoms with van der Waals surface area (Å²) >= 11 is 0. The molecule has 2 heterocycles. The molecule has 0 fully saturated rings. The Morgan fingerprint density at radius 3 is 2.84 bits per heavy atom. The van der Waals surface area contributed by atoms with Gasteiger partial charge in [-0.2, -0.15) is 0 Å². The summed E-state index contributed by atoms with van der Waals surface area (Å²) in [6, 6.07) is 0. The van der Waals surface area contributed by atoms with Crippen LogP contribution in [0.25, 0.3) is 0 Å². The highest BCUT2D eigenvalue weighted by molar-refractivity contribution is 6.11. The second kappa shape index (κ2) is 4.34. The summed E-state index contributed by atoms with van der Waals surface area (Å²) in [4.78, 5) is 33.2. The Hall–Kier alpha value is -2.44. The van der Waals surface area contributed by atoms with Gasteiger partial charge < -0.3 is 10.1 Å². The molecular weight excluding hydrogens is 248 g/mol. The molecule has 1 aliphatic rings. The van der Waals surface area contributed by atoms with E-state index < -0.39 is 11.6 Å². The number of ether oxygens (including phenoxy) is 1. The number of carbonyl (C=O) groups excluding carboxylic acids is 2. The Morgan fingerprint density at radius 1 is 1.53 bits per heavy atom. The first-order valence-corrected chi connectivity index (χ1v) is 5.63. The summed E-state index contributed by atoms with van der Waals surface area (Å²) in [7, 11) is 0. The molecule has 19 heavy (non-hydrogen) atoms. The minimum atomic E-state index is -1.12. The van der Waals surface area contributed by atoms with Crippen molar-refractivity contribution in [3.63, 3.8) is 0 Å². The van der Waals surface area contributed by atoms with Gasteiger partial charge in [-0.1, -0.05) is 6.58 Å². The summed E-state index contributed by atoms with van der Waals surface area (Å²) in [5, 5.41) is 2.65. The number of rotatable bonds is 1. The molecule has 1 N–H and O–H groups in total. The highest BCUT2D eigenvalue weighted by atomic mass is 16.6. The second-order valence-electron chi connectivity index (χ2n) is 4.68. The number of fused-ring (bicyclic) bond motifs is 1. The molecule has 0 saturated carbocycles. The van der Waals surface area contributed by atoms with E-state index in [1.165, 1.54) is 17.4 Å². The van der Waals surface area contributed by atoms with Crippen LogP contribution in [0.4, 0.5) is 16.3 Å². The molecule has 7 nitrogen and oxygen atoms in total. The van der Waals surface area contributed by atoms with Crippen molar-refractivity contribution in [3.05, 3.63) is 24.9 Å². The zero-order valence-electron chi connectivity index (χ0n) is 10.9. The number of hydrogen-bond acceptors (Lipinski definition) is 5. The number of aromatic nitrogens is 2. The van der Waals surface area contributed by atoms with Gasteiger partial charge in [0.1, 0.15) is 17.6 Å². The van der Waals surface area contributed by atoms with E-state index in [1.807, 2.05) is 0 Å². The van der Waals surface area contributed by atoms with Crippen LogP contribution in [0.2, 0.25) is 0 Å². The molecular formula is C12H14N4O3. The molecule has 1 aromatic rings. The quantitative estimate of drug-likeness (QED) is 0.778. The number of amides is 2. The zero-order chi connectivity index (χ0) is 14.2. The Morgan fingerprint density at radius 2 is 2.21 bits per heavy atom. The van der Waals surface area contributed by atoms with Crippen LogP contribution in [0.5, 0.6) is 0 Å². The van der Waals surface area contributed by atoms with E-state index >= 15 is 0 Å². The molecule has 0 saturated heterocycles. The highest BCUT2D eigenvalue weighted by Gasteiger charge is 2.45. The van der Waals surface area contributed by atoms with E-state index in [2.05, 4.69) is 21.9 Å². The fourth-order valence-electron chi connectivity index (χ4n) is 1.74. The van der Waals surface area contributed by atoms with Crippen molar-refractivity contribution in [3.8, 4) is 0 Å². The number of carbonyl (C=O) groups is 2. The van der Waals surface area contributed by atoms with E-state index in [1.54, 1.807) is 20.8 Å². The van der Waals surface area contributed by atoms with Gasteiger partial charge >= 0.3 is 6.09 Å². The van der Waals surface area contributed by atoms with E-state index in [9.17, 15) is 9.59 Å².